The smallest absolute Gasteiger partial charge is 0.325 e. The van der Waals surface area contributed by atoms with Crippen LogP contribution in [0.5, 0.6) is 0 Å². The normalized spacial score (nSPS) is 19.5. The van der Waals surface area contributed by atoms with Crippen molar-refractivity contribution in [2.45, 2.75) is 44.2 Å². The maximum atomic E-state index is 12.6. The van der Waals surface area contributed by atoms with E-state index in [-0.39, 0.29) is 18.4 Å². The lowest BCUT2D eigenvalue weighted by atomic mass is 9.82. The molecule has 6 nitrogen and oxygen atoms in total. The fourth-order valence-corrected chi connectivity index (χ4v) is 3.44. The van der Waals surface area contributed by atoms with Gasteiger partial charge in [-0.25, -0.2) is 4.79 Å². The van der Waals surface area contributed by atoms with Gasteiger partial charge in [0.1, 0.15) is 12.1 Å². The predicted octanol–water partition coefficient (Wildman–Crippen LogP) is 2.21. The van der Waals surface area contributed by atoms with Crippen molar-refractivity contribution in [2.75, 3.05) is 6.54 Å². The lowest BCUT2D eigenvalue weighted by Crippen LogP contribution is -2.49. The summed E-state index contributed by atoms with van der Waals surface area (Å²) in [5, 5.41) is 6.15. The predicted molar refractivity (Wildman–Crippen MR) is 89.4 cm³/mol. The molecular weight excluding hydrogens is 330 g/mol. The number of nitrogens with zero attached hydrogens (tertiary/aromatic N) is 1. The van der Waals surface area contributed by atoms with Crippen LogP contribution in [0.25, 0.3) is 0 Å². The second-order valence-corrected chi connectivity index (χ2v) is 6.80. The molecule has 1 saturated heterocycles. The van der Waals surface area contributed by atoms with Gasteiger partial charge in [-0.1, -0.05) is 43.0 Å². The highest BCUT2D eigenvalue weighted by Gasteiger charge is 2.51. The third-order valence-corrected chi connectivity index (χ3v) is 4.91. The lowest BCUT2D eigenvalue weighted by Gasteiger charge is -2.30. The first kappa shape index (κ1) is 16.8. The van der Waals surface area contributed by atoms with Crippen molar-refractivity contribution in [3.05, 3.63) is 34.9 Å². The summed E-state index contributed by atoms with van der Waals surface area (Å²) in [6.45, 7) is 0.0742. The van der Waals surface area contributed by atoms with Crippen LogP contribution >= 0.6 is 11.6 Å². The van der Waals surface area contributed by atoms with Crippen LogP contribution in [-0.4, -0.2) is 34.8 Å². The quantitative estimate of drug-likeness (QED) is 0.818. The van der Waals surface area contributed by atoms with Crippen molar-refractivity contribution in [1.82, 2.24) is 15.5 Å². The van der Waals surface area contributed by atoms with E-state index in [1.54, 1.807) is 12.1 Å². The molecule has 1 aromatic rings. The first-order valence-electron chi connectivity index (χ1n) is 8.15. The zero-order valence-corrected chi connectivity index (χ0v) is 14.1. The zero-order valence-electron chi connectivity index (χ0n) is 13.3. The molecule has 1 heterocycles. The minimum Gasteiger partial charge on any atom is -0.350 e. The Kier molecular flexibility index (Phi) is 4.76. The van der Waals surface area contributed by atoms with E-state index in [1.165, 1.54) is 0 Å². The van der Waals surface area contributed by atoms with E-state index in [9.17, 15) is 14.4 Å². The molecule has 1 aliphatic carbocycles. The largest absolute Gasteiger partial charge is 0.350 e. The summed E-state index contributed by atoms with van der Waals surface area (Å²) in [5.41, 5.74) is 0.111. The second kappa shape index (κ2) is 6.81. The maximum absolute atomic E-state index is 12.6. The van der Waals surface area contributed by atoms with Crippen molar-refractivity contribution < 1.29 is 14.4 Å². The van der Waals surface area contributed by atoms with Crippen LogP contribution in [0.1, 0.15) is 37.7 Å². The number of halogens is 1. The molecule has 1 spiro atoms. The third-order valence-electron chi connectivity index (χ3n) is 4.66. The van der Waals surface area contributed by atoms with Gasteiger partial charge in [-0.2, -0.15) is 0 Å². The summed E-state index contributed by atoms with van der Waals surface area (Å²) in [7, 11) is 0. The van der Waals surface area contributed by atoms with Crippen LogP contribution in [0.15, 0.2) is 24.3 Å². The number of amides is 4. The number of carbonyl (C=O) groups excluding carboxylic acids is 3. The number of hydrogen-bond donors (Lipinski definition) is 2. The molecule has 1 aliphatic heterocycles. The first-order chi connectivity index (χ1) is 11.5. The van der Waals surface area contributed by atoms with Gasteiger partial charge in [0.2, 0.25) is 5.91 Å². The molecule has 2 N–H and O–H groups in total. The summed E-state index contributed by atoms with van der Waals surface area (Å²) in [6, 6.07) is 6.64. The lowest BCUT2D eigenvalue weighted by molar-refractivity contribution is -0.135. The highest BCUT2D eigenvalue weighted by molar-refractivity contribution is 6.30. The highest BCUT2D eigenvalue weighted by atomic mass is 35.5. The molecule has 1 aromatic carbocycles. The fourth-order valence-electron chi connectivity index (χ4n) is 3.32. The summed E-state index contributed by atoms with van der Waals surface area (Å²) in [6.07, 6.45) is 4.22. The Bertz CT molecular complexity index is 654. The number of rotatable bonds is 4. The van der Waals surface area contributed by atoms with E-state index < -0.39 is 11.6 Å². The van der Waals surface area contributed by atoms with Crippen molar-refractivity contribution in [3.8, 4) is 0 Å². The number of benzene rings is 1. The molecular formula is C17H20ClN3O3. The molecule has 0 atom stereocenters. The SMILES string of the molecule is O=C(CN1C(=O)NC2(CCCCC2)C1=O)NCc1ccc(Cl)cc1. The van der Waals surface area contributed by atoms with Crippen LogP contribution in [0.4, 0.5) is 4.79 Å². The molecule has 0 aromatic heterocycles. The Morgan fingerprint density at radius 2 is 1.83 bits per heavy atom. The molecule has 2 fully saturated rings. The number of urea groups is 1. The van der Waals surface area contributed by atoms with Crippen molar-refractivity contribution >= 4 is 29.4 Å². The Morgan fingerprint density at radius 3 is 2.50 bits per heavy atom. The average Bonchev–Trinajstić information content (AvgIpc) is 2.79. The number of hydrogen-bond acceptors (Lipinski definition) is 3. The molecule has 0 radical (unpaired) electrons. The average molecular weight is 350 g/mol. The molecule has 0 bridgehead atoms. The van der Waals surface area contributed by atoms with E-state index >= 15 is 0 Å². The molecule has 4 amide bonds. The molecule has 1 saturated carbocycles. The standard InChI is InChI=1S/C17H20ClN3O3/c18-13-6-4-12(5-7-13)10-19-14(22)11-21-15(23)17(20-16(21)24)8-2-1-3-9-17/h4-7H,1-3,8-11H2,(H,19,22)(H,20,24). The van der Waals surface area contributed by atoms with E-state index in [2.05, 4.69) is 10.6 Å². The molecule has 2 aliphatic rings. The van der Waals surface area contributed by atoms with Gasteiger partial charge < -0.3 is 10.6 Å². The van der Waals surface area contributed by atoms with Crippen LogP contribution in [0, 0.1) is 0 Å². The van der Waals surface area contributed by atoms with Gasteiger partial charge in [0.25, 0.3) is 5.91 Å². The van der Waals surface area contributed by atoms with Crippen LogP contribution in [-0.2, 0) is 16.1 Å². The topological polar surface area (TPSA) is 78.5 Å². The Hall–Kier alpha value is -2.08. The van der Waals surface area contributed by atoms with Crippen molar-refractivity contribution in [3.63, 3.8) is 0 Å². The summed E-state index contributed by atoms with van der Waals surface area (Å²) < 4.78 is 0. The van der Waals surface area contributed by atoms with Crippen molar-refractivity contribution in [2.24, 2.45) is 0 Å². The third kappa shape index (κ3) is 3.38. The molecule has 128 valence electrons. The van der Waals surface area contributed by atoms with Gasteiger partial charge in [0, 0.05) is 11.6 Å². The maximum Gasteiger partial charge on any atom is 0.325 e. The monoisotopic (exact) mass is 349 g/mol. The summed E-state index contributed by atoms with van der Waals surface area (Å²) in [5.74, 6) is -0.629. The van der Waals surface area contributed by atoms with E-state index in [4.69, 9.17) is 11.6 Å². The second-order valence-electron chi connectivity index (χ2n) is 6.37. The van der Waals surface area contributed by atoms with Gasteiger partial charge in [0.15, 0.2) is 0 Å². The summed E-state index contributed by atoms with van der Waals surface area (Å²) >= 11 is 5.81. The molecule has 0 unspecified atom stereocenters. The van der Waals surface area contributed by atoms with E-state index in [0.717, 1.165) is 29.7 Å². The highest BCUT2D eigenvalue weighted by Crippen LogP contribution is 2.33. The van der Waals surface area contributed by atoms with E-state index in [1.807, 2.05) is 12.1 Å². The fraction of sp³-hybridized carbons (Fsp3) is 0.471. The molecule has 7 heteroatoms. The van der Waals surface area contributed by atoms with Gasteiger partial charge >= 0.3 is 6.03 Å². The van der Waals surface area contributed by atoms with Gasteiger partial charge in [-0.15, -0.1) is 0 Å². The minimum absolute atomic E-state index is 0.250. The van der Waals surface area contributed by atoms with E-state index in [0.29, 0.717) is 24.4 Å². The van der Waals surface area contributed by atoms with Gasteiger partial charge in [-0.05, 0) is 30.5 Å². The number of carbonyl (C=O) groups is 3. The molecule has 3 rings (SSSR count). The summed E-state index contributed by atoms with van der Waals surface area (Å²) in [4.78, 5) is 37.8. The number of imide groups is 1. The van der Waals surface area contributed by atoms with Crippen LogP contribution in [0.2, 0.25) is 5.02 Å². The van der Waals surface area contributed by atoms with Crippen LogP contribution < -0.4 is 10.6 Å². The Morgan fingerprint density at radius 1 is 1.17 bits per heavy atom. The van der Waals surface area contributed by atoms with Gasteiger partial charge in [-0.3, -0.25) is 14.5 Å². The Balaban J connectivity index is 1.56. The zero-order chi connectivity index (χ0) is 17.2. The van der Waals surface area contributed by atoms with Gasteiger partial charge in [0.05, 0.1) is 0 Å². The minimum atomic E-state index is -0.786. The number of nitrogens with one attached hydrogen (secondary N) is 2. The van der Waals surface area contributed by atoms with Crippen molar-refractivity contribution in [1.29, 1.82) is 0 Å². The molecule has 24 heavy (non-hydrogen) atoms. The van der Waals surface area contributed by atoms with Crippen LogP contribution in [0.3, 0.4) is 0 Å². The first-order valence-corrected chi connectivity index (χ1v) is 8.53. The Labute approximate surface area is 145 Å².